The summed E-state index contributed by atoms with van der Waals surface area (Å²) in [5, 5.41) is 2.73. The van der Waals surface area contributed by atoms with E-state index in [-0.39, 0.29) is 11.7 Å². The molecule has 1 saturated heterocycles. The molecule has 86 valence electrons. The molecule has 0 aliphatic carbocycles. The van der Waals surface area contributed by atoms with Crippen molar-refractivity contribution in [3.8, 4) is 0 Å². The first kappa shape index (κ1) is 10.9. The molecule has 0 aromatic carbocycles. The maximum Gasteiger partial charge on any atom is 0.234 e. The maximum absolute atomic E-state index is 11.8. The summed E-state index contributed by atoms with van der Waals surface area (Å²) in [5.74, 6) is 0.0578. The molecule has 1 aliphatic heterocycles. The van der Waals surface area contributed by atoms with Crippen LogP contribution >= 0.6 is 0 Å². The second-order valence-corrected chi connectivity index (χ2v) is 4.05. The number of nitrogens with zero attached hydrogens (tertiary/aromatic N) is 2. The quantitative estimate of drug-likeness (QED) is 0.709. The van der Waals surface area contributed by atoms with Crippen LogP contribution in [0.5, 0.6) is 0 Å². The Morgan fingerprint density at radius 2 is 2.38 bits per heavy atom. The number of ketones is 1. The Bertz CT molecular complexity index is 411. The van der Waals surface area contributed by atoms with Crippen LogP contribution in [0.3, 0.4) is 0 Å². The summed E-state index contributed by atoms with van der Waals surface area (Å²) in [7, 11) is 1.88. The van der Waals surface area contributed by atoms with Crippen LogP contribution in [0.2, 0.25) is 0 Å². The fourth-order valence-corrected chi connectivity index (χ4v) is 1.79. The van der Waals surface area contributed by atoms with Gasteiger partial charge >= 0.3 is 0 Å². The lowest BCUT2D eigenvalue weighted by Crippen LogP contribution is -2.49. The van der Waals surface area contributed by atoms with Gasteiger partial charge in [0.25, 0.3) is 0 Å². The Balaban J connectivity index is 1.94. The van der Waals surface area contributed by atoms with Gasteiger partial charge in [0.1, 0.15) is 0 Å². The molecular formula is C11H15N3O2. The lowest BCUT2D eigenvalue weighted by molar-refractivity contribution is -0.123. The molecule has 1 aromatic heterocycles. The molecule has 0 saturated carbocycles. The lowest BCUT2D eigenvalue weighted by Gasteiger charge is -2.25. The fraction of sp³-hybridized carbons (Fsp3) is 0.455. The fourth-order valence-electron chi connectivity index (χ4n) is 1.79. The number of piperazine rings is 1. The van der Waals surface area contributed by atoms with Crippen molar-refractivity contribution >= 4 is 11.7 Å². The second kappa shape index (κ2) is 4.49. The maximum atomic E-state index is 11.8. The zero-order valence-corrected chi connectivity index (χ0v) is 9.27. The van der Waals surface area contributed by atoms with E-state index in [9.17, 15) is 9.59 Å². The van der Waals surface area contributed by atoms with Gasteiger partial charge in [0.05, 0.1) is 13.1 Å². The number of rotatable bonds is 3. The third-order valence-corrected chi connectivity index (χ3v) is 2.64. The Morgan fingerprint density at radius 1 is 1.56 bits per heavy atom. The zero-order chi connectivity index (χ0) is 11.5. The van der Waals surface area contributed by atoms with E-state index >= 15 is 0 Å². The van der Waals surface area contributed by atoms with Gasteiger partial charge in [-0.2, -0.15) is 0 Å². The first-order chi connectivity index (χ1) is 7.65. The highest BCUT2D eigenvalue weighted by Gasteiger charge is 2.19. The molecule has 0 spiro atoms. The van der Waals surface area contributed by atoms with Crippen molar-refractivity contribution in [3.63, 3.8) is 0 Å². The van der Waals surface area contributed by atoms with Crippen molar-refractivity contribution < 1.29 is 9.59 Å². The SMILES string of the molecule is Cn1ccc(C(=O)CN2CCNC(=O)C2)c1. The van der Waals surface area contributed by atoms with Crippen LogP contribution in [-0.4, -0.2) is 47.3 Å². The number of hydrogen-bond donors (Lipinski definition) is 1. The van der Waals surface area contributed by atoms with Crippen LogP contribution in [0.25, 0.3) is 0 Å². The standard InChI is InChI=1S/C11H15N3O2/c1-13-4-2-9(6-13)10(15)7-14-5-3-12-11(16)8-14/h2,4,6H,3,5,7-8H2,1H3,(H,12,16). The molecule has 2 heterocycles. The summed E-state index contributed by atoms with van der Waals surface area (Å²) >= 11 is 0. The molecule has 1 fully saturated rings. The molecule has 16 heavy (non-hydrogen) atoms. The van der Waals surface area contributed by atoms with E-state index in [1.807, 2.05) is 22.7 Å². The predicted octanol–water partition coefficient (Wildman–Crippen LogP) is -0.360. The number of aromatic nitrogens is 1. The van der Waals surface area contributed by atoms with Crippen LogP contribution < -0.4 is 5.32 Å². The molecule has 0 bridgehead atoms. The van der Waals surface area contributed by atoms with Crippen molar-refractivity contribution in [2.24, 2.45) is 7.05 Å². The van der Waals surface area contributed by atoms with E-state index in [1.165, 1.54) is 0 Å². The minimum Gasteiger partial charge on any atom is -0.357 e. The topological polar surface area (TPSA) is 54.3 Å². The summed E-state index contributed by atoms with van der Waals surface area (Å²) in [5.41, 5.74) is 0.702. The van der Waals surface area contributed by atoms with Gasteiger partial charge in [0, 0.05) is 38.1 Å². The molecule has 1 N–H and O–H groups in total. The second-order valence-electron chi connectivity index (χ2n) is 4.05. The lowest BCUT2D eigenvalue weighted by atomic mass is 10.2. The Hall–Kier alpha value is -1.62. The third-order valence-electron chi connectivity index (χ3n) is 2.64. The summed E-state index contributed by atoms with van der Waals surface area (Å²) < 4.78 is 1.84. The van der Waals surface area contributed by atoms with Crippen molar-refractivity contribution in [1.82, 2.24) is 14.8 Å². The van der Waals surface area contributed by atoms with Crippen molar-refractivity contribution in [2.75, 3.05) is 26.2 Å². The number of carbonyl (C=O) groups excluding carboxylic acids is 2. The molecule has 2 rings (SSSR count). The normalized spacial score (nSPS) is 17.2. The number of hydrogen-bond acceptors (Lipinski definition) is 3. The predicted molar refractivity (Wildman–Crippen MR) is 59.2 cm³/mol. The Morgan fingerprint density at radius 3 is 3.00 bits per heavy atom. The highest BCUT2D eigenvalue weighted by atomic mass is 16.2. The number of nitrogens with one attached hydrogen (secondary N) is 1. The van der Waals surface area contributed by atoms with Crippen molar-refractivity contribution in [2.45, 2.75) is 0 Å². The number of amides is 1. The van der Waals surface area contributed by atoms with E-state index in [2.05, 4.69) is 5.32 Å². The molecule has 1 amide bonds. The zero-order valence-electron chi connectivity index (χ0n) is 9.27. The van der Waals surface area contributed by atoms with Gasteiger partial charge in [0.15, 0.2) is 5.78 Å². The van der Waals surface area contributed by atoms with Gasteiger partial charge in [0.2, 0.25) is 5.91 Å². The smallest absolute Gasteiger partial charge is 0.234 e. The van der Waals surface area contributed by atoms with Gasteiger partial charge in [-0.15, -0.1) is 0 Å². The number of aryl methyl sites for hydroxylation is 1. The van der Waals surface area contributed by atoms with E-state index in [0.717, 1.165) is 6.54 Å². The van der Waals surface area contributed by atoms with E-state index in [0.29, 0.717) is 25.2 Å². The first-order valence-electron chi connectivity index (χ1n) is 5.29. The van der Waals surface area contributed by atoms with Crippen LogP contribution in [0, 0.1) is 0 Å². The monoisotopic (exact) mass is 221 g/mol. The molecule has 0 radical (unpaired) electrons. The summed E-state index contributed by atoms with van der Waals surface area (Å²) in [4.78, 5) is 24.8. The van der Waals surface area contributed by atoms with Gasteiger partial charge in [-0.05, 0) is 6.07 Å². The van der Waals surface area contributed by atoms with Gasteiger partial charge in [-0.1, -0.05) is 0 Å². The first-order valence-corrected chi connectivity index (χ1v) is 5.29. The minimum atomic E-state index is -0.00730. The largest absolute Gasteiger partial charge is 0.357 e. The molecule has 0 unspecified atom stereocenters. The molecule has 0 atom stereocenters. The van der Waals surface area contributed by atoms with Crippen LogP contribution in [0.1, 0.15) is 10.4 Å². The van der Waals surface area contributed by atoms with Gasteiger partial charge < -0.3 is 9.88 Å². The van der Waals surface area contributed by atoms with Crippen LogP contribution in [0.15, 0.2) is 18.5 Å². The summed E-state index contributed by atoms with van der Waals surface area (Å²) in [6, 6.07) is 1.80. The van der Waals surface area contributed by atoms with E-state index in [4.69, 9.17) is 0 Å². The van der Waals surface area contributed by atoms with E-state index in [1.54, 1.807) is 12.3 Å². The molecule has 5 nitrogen and oxygen atoms in total. The minimum absolute atomic E-state index is 0.00730. The summed E-state index contributed by atoms with van der Waals surface area (Å²) in [6.45, 7) is 2.00. The number of carbonyl (C=O) groups is 2. The van der Waals surface area contributed by atoms with Crippen LogP contribution in [0.4, 0.5) is 0 Å². The Labute approximate surface area is 94.0 Å². The van der Waals surface area contributed by atoms with Gasteiger partial charge in [-0.3, -0.25) is 14.5 Å². The van der Waals surface area contributed by atoms with Gasteiger partial charge in [-0.25, -0.2) is 0 Å². The Kier molecular flexibility index (Phi) is 3.05. The molecule has 1 aliphatic rings. The van der Waals surface area contributed by atoms with E-state index < -0.39 is 0 Å². The molecule has 1 aromatic rings. The van der Waals surface area contributed by atoms with Crippen LogP contribution in [-0.2, 0) is 11.8 Å². The molecular weight excluding hydrogens is 206 g/mol. The summed E-state index contributed by atoms with van der Waals surface area (Å²) in [6.07, 6.45) is 3.64. The van der Waals surface area contributed by atoms with Crippen molar-refractivity contribution in [1.29, 1.82) is 0 Å². The third kappa shape index (κ3) is 2.49. The highest BCUT2D eigenvalue weighted by Crippen LogP contribution is 2.03. The average molecular weight is 221 g/mol. The van der Waals surface area contributed by atoms with Crippen molar-refractivity contribution in [3.05, 3.63) is 24.0 Å². The molecule has 5 heteroatoms. The highest BCUT2D eigenvalue weighted by molar-refractivity contribution is 5.97. The number of Topliss-reactive ketones (excluding diaryl/α,β-unsaturated/α-hetero) is 1. The average Bonchev–Trinajstić information content (AvgIpc) is 2.65.